The highest BCUT2D eigenvalue weighted by Crippen LogP contribution is 2.33. The summed E-state index contributed by atoms with van der Waals surface area (Å²) in [5.41, 5.74) is 2.71. The molecule has 1 aliphatic heterocycles. The van der Waals surface area contributed by atoms with Crippen molar-refractivity contribution in [2.24, 2.45) is 5.92 Å². The largest absolute Gasteiger partial charge is 0.312 e. The van der Waals surface area contributed by atoms with Gasteiger partial charge in [0.2, 0.25) is 0 Å². The number of thioether (sulfide) groups is 1. The predicted octanol–water partition coefficient (Wildman–Crippen LogP) is 3.54. The third-order valence-electron chi connectivity index (χ3n) is 3.61. The highest BCUT2D eigenvalue weighted by molar-refractivity contribution is 7.99. The van der Waals surface area contributed by atoms with Gasteiger partial charge in [-0.3, -0.25) is 0 Å². The lowest BCUT2D eigenvalue weighted by Gasteiger charge is -2.23. The van der Waals surface area contributed by atoms with Gasteiger partial charge in [-0.25, -0.2) is 0 Å². The van der Waals surface area contributed by atoms with Crippen LogP contribution in [0.2, 0.25) is 0 Å². The predicted molar refractivity (Wildman–Crippen MR) is 76.7 cm³/mol. The van der Waals surface area contributed by atoms with E-state index in [2.05, 4.69) is 36.5 Å². The highest BCUT2D eigenvalue weighted by Gasteiger charge is 2.21. The molecule has 96 valence electrons. The summed E-state index contributed by atoms with van der Waals surface area (Å²) in [7, 11) is 1.94. The number of nitrogens with zero attached hydrogens (tertiary/aromatic N) is 1. The lowest BCUT2D eigenvalue weighted by molar-refractivity contribution is 0.448. The van der Waals surface area contributed by atoms with Crippen molar-refractivity contribution >= 4 is 11.8 Å². The highest BCUT2D eigenvalue weighted by atomic mass is 32.2. The number of nitriles is 1. The second-order valence-electron chi connectivity index (χ2n) is 4.73. The first-order valence-corrected chi connectivity index (χ1v) is 7.61. The molecule has 3 heteroatoms. The summed E-state index contributed by atoms with van der Waals surface area (Å²) >= 11 is 1.95. The Morgan fingerprint density at radius 3 is 3.00 bits per heavy atom. The van der Waals surface area contributed by atoms with Crippen LogP contribution in [0.25, 0.3) is 0 Å². The summed E-state index contributed by atoms with van der Waals surface area (Å²) in [6, 6.07) is 9.26. The average Bonchev–Trinajstić information content (AvgIpc) is 2.44. The van der Waals surface area contributed by atoms with E-state index in [-0.39, 0.29) is 12.0 Å². The molecule has 2 unspecified atom stereocenters. The molecule has 18 heavy (non-hydrogen) atoms. The monoisotopic (exact) mass is 260 g/mol. The first kappa shape index (κ1) is 13.5. The summed E-state index contributed by atoms with van der Waals surface area (Å²) in [4.78, 5) is 1.42. The molecule has 1 N–H and O–H groups in total. The van der Waals surface area contributed by atoms with Gasteiger partial charge >= 0.3 is 0 Å². The molecule has 2 nitrogen and oxygen atoms in total. The van der Waals surface area contributed by atoms with Crippen molar-refractivity contribution < 1.29 is 0 Å². The molecule has 0 bridgehead atoms. The fraction of sp³-hybridized carbons (Fsp3) is 0.533. The topological polar surface area (TPSA) is 35.8 Å². The average molecular weight is 260 g/mol. The molecular formula is C15H20N2S. The van der Waals surface area contributed by atoms with E-state index >= 15 is 0 Å². The first-order chi connectivity index (χ1) is 8.80. The van der Waals surface area contributed by atoms with Crippen LogP contribution in [0.3, 0.4) is 0 Å². The summed E-state index contributed by atoms with van der Waals surface area (Å²) < 4.78 is 0. The molecule has 0 saturated carbocycles. The van der Waals surface area contributed by atoms with Crippen LogP contribution >= 0.6 is 11.8 Å². The van der Waals surface area contributed by atoms with E-state index in [1.165, 1.54) is 34.6 Å². The van der Waals surface area contributed by atoms with Crippen LogP contribution in [0.4, 0.5) is 0 Å². The van der Waals surface area contributed by atoms with Gasteiger partial charge in [0.05, 0.1) is 12.0 Å². The van der Waals surface area contributed by atoms with Crippen LogP contribution in [0.15, 0.2) is 23.1 Å². The zero-order valence-corrected chi connectivity index (χ0v) is 11.9. The van der Waals surface area contributed by atoms with E-state index in [4.69, 9.17) is 0 Å². The molecular weight excluding hydrogens is 240 g/mol. The molecule has 0 radical (unpaired) electrons. The summed E-state index contributed by atoms with van der Waals surface area (Å²) in [5, 5.41) is 12.5. The van der Waals surface area contributed by atoms with E-state index in [0.29, 0.717) is 0 Å². The molecule has 0 saturated heterocycles. The third-order valence-corrected chi connectivity index (χ3v) is 4.81. The Hall–Kier alpha value is -0.980. The lowest BCUT2D eigenvalue weighted by atomic mass is 9.90. The standard InChI is InChI=1S/C15H20N2S/c1-3-11(10-16)15(17-2)13-6-7-14-12(9-13)5-4-8-18-14/h6-7,9,11,15,17H,3-5,8H2,1-2H3. The maximum atomic E-state index is 9.23. The molecule has 0 amide bonds. The van der Waals surface area contributed by atoms with Gasteiger partial charge in [-0.15, -0.1) is 11.8 Å². The Kier molecular flexibility index (Phi) is 4.68. The van der Waals surface area contributed by atoms with Crippen LogP contribution in [0, 0.1) is 17.2 Å². The number of hydrogen-bond acceptors (Lipinski definition) is 3. The number of benzene rings is 1. The molecule has 0 aliphatic carbocycles. The van der Waals surface area contributed by atoms with Crippen molar-refractivity contribution in [3.8, 4) is 6.07 Å². The smallest absolute Gasteiger partial charge is 0.0675 e. The van der Waals surface area contributed by atoms with Gasteiger partial charge in [-0.2, -0.15) is 5.26 Å². The van der Waals surface area contributed by atoms with Crippen LogP contribution in [-0.4, -0.2) is 12.8 Å². The van der Waals surface area contributed by atoms with E-state index in [1.807, 2.05) is 18.8 Å². The molecule has 1 aromatic rings. The second kappa shape index (κ2) is 6.26. The Morgan fingerprint density at radius 1 is 1.50 bits per heavy atom. The molecule has 2 rings (SSSR count). The van der Waals surface area contributed by atoms with E-state index in [0.717, 1.165) is 6.42 Å². The van der Waals surface area contributed by atoms with Crippen molar-refractivity contribution in [2.75, 3.05) is 12.8 Å². The summed E-state index contributed by atoms with van der Waals surface area (Å²) in [6.07, 6.45) is 3.32. The summed E-state index contributed by atoms with van der Waals surface area (Å²) in [6.45, 7) is 2.08. The third kappa shape index (κ3) is 2.71. The van der Waals surface area contributed by atoms with Crippen molar-refractivity contribution in [1.82, 2.24) is 5.32 Å². The van der Waals surface area contributed by atoms with Crippen LogP contribution in [-0.2, 0) is 6.42 Å². The van der Waals surface area contributed by atoms with Gasteiger partial charge in [0.1, 0.15) is 0 Å². The van der Waals surface area contributed by atoms with Gasteiger partial charge in [0, 0.05) is 10.9 Å². The molecule has 0 spiro atoms. The van der Waals surface area contributed by atoms with Gasteiger partial charge in [-0.05, 0) is 49.3 Å². The Bertz CT molecular complexity index is 450. The van der Waals surface area contributed by atoms with Crippen molar-refractivity contribution in [1.29, 1.82) is 5.26 Å². The maximum absolute atomic E-state index is 9.23. The SMILES string of the molecule is CCC(C#N)C(NC)c1ccc2c(c1)CCCS2. The van der Waals surface area contributed by atoms with E-state index in [9.17, 15) is 5.26 Å². The Balaban J connectivity index is 2.29. The van der Waals surface area contributed by atoms with Gasteiger partial charge in [-0.1, -0.05) is 19.1 Å². The Labute approximate surface area is 114 Å². The molecule has 0 fully saturated rings. The number of aryl methyl sites for hydroxylation is 1. The van der Waals surface area contributed by atoms with E-state index < -0.39 is 0 Å². The normalized spacial score (nSPS) is 17.6. The van der Waals surface area contributed by atoms with Crippen LogP contribution < -0.4 is 5.32 Å². The number of nitrogens with one attached hydrogen (secondary N) is 1. The van der Waals surface area contributed by atoms with Gasteiger partial charge < -0.3 is 5.32 Å². The molecule has 1 heterocycles. The number of fused-ring (bicyclic) bond motifs is 1. The first-order valence-electron chi connectivity index (χ1n) is 6.62. The number of hydrogen-bond donors (Lipinski definition) is 1. The van der Waals surface area contributed by atoms with Gasteiger partial charge in [0.15, 0.2) is 0 Å². The van der Waals surface area contributed by atoms with E-state index in [1.54, 1.807) is 0 Å². The lowest BCUT2D eigenvalue weighted by Crippen LogP contribution is -2.24. The minimum Gasteiger partial charge on any atom is -0.312 e. The van der Waals surface area contributed by atoms with Crippen LogP contribution in [0.1, 0.15) is 36.9 Å². The number of rotatable bonds is 4. The minimum atomic E-state index is 0.0456. The molecule has 2 atom stereocenters. The van der Waals surface area contributed by atoms with Gasteiger partial charge in [0.25, 0.3) is 0 Å². The van der Waals surface area contributed by atoms with Crippen molar-refractivity contribution in [3.05, 3.63) is 29.3 Å². The molecule has 0 aromatic heterocycles. The van der Waals surface area contributed by atoms with Crippen molar-refractivity contribution in [3.63, 3.8) is 0 Å². The van der Waals surface area contributed by atoms with Crippen LogP contribution in [0.5, 0.6) is 0 Å². The zero-order valence-electron chi connectivity index (χ0n) is 11.1. The zero-order chi connectivity index (χ0) is 13.0. The minimum absolute atomic E-state index is 0.0456. The molecule has 1 aromatic carbocycles. The fourth-order valence-corrected chi connectivity index (χ4v) is 3.59. The van der Waals surface area contributed by atoms with Crippen molar-refractivity contribution in [2.45, 2.75) is 37.1 Å². The maximum Gasteiger partial charge on any atom is 0.0675 e. The Morgan fingerprint density at radius 2 is 2.33 bits per heavy atom. The second-order valence-corrected chi connectivity index (χ2v) is 5.87. The quantitative estimate of drug-likeness (QED) is 0.899. The summed E-state index contributed by atoms with van der Waals surface area (Å²) in [5.74, 6) is 1.28. The molecule has 1 aliphatic rings. The fourth-order valence-electron chi connectivity index (χ4n) is 2.58.